The van der Waals surface area contributed by atoms with Crippen LogP contribution in [-0.2, 0) is 4.79 Å². The van der Waals surface area contributed by atoms with Crippen LogP contribution in [0.5, 0.6) is 0 Å². The molecule has 3 amide bonds. The molecule has 138 valence electrons. The van der Waals surface area contributed by atoms with E-state index in [4.69, 9.17) is 0 Å². The molecule has 1 aromatic carbocycles. The molecule has 0 bridgehead atoms. The SMILES string of the molecule is CCC(CNC(=O)CCNC(=O)NC1CCCCC1)c1ccccc1. The molecule has 5 nitrogen and oxygen atoms in total. The first-order valence-corrected chi connectivity index (χ1v) is 9.55. The molecule has 5 heteroatoms. The van der Waals surface area contributed by atoms with Crippen LogP contribution in [-0.4, -0.2) is 31.1 Å². The zero-order valence-corrected chi connectivity index (χ0v) is 15.2. The summed E-state index contributed by atoms with van der Waals surface area (Å²) < 4.78 is 0. The molecular weight excluding hydrogens is 314 g/mol. The molecule has 3 N–H and O–H groups in total. The van der Waals surface area contributed by atoms with E-state index < -0.39 is 0 Å². The molecule has 2 rings (SSSR count). The van der Waals surface area contributed by atoms with Gasteiger partial charge < -0.3 is 16.0 Å². The van der Waals surface area contributed by atoms with Crippen LogP contribution in [0.1, 0.15) is 63.4 Å². The van der Waals surface area contributed by atoms with Crippen LogP contribution in [0.25, 0.3) is 0 Å². The van der Waals surface area contributed by atoms with Crippen LogP contribution in [0.2, 0.25) is 0 Å². The van der Waals surface area contributed by atoms with E-state index in [2.05, 4.69) is 35.0 Å². The van der Waals surface area contributed by atoms with Gasteiger partial charge >= 0.3 is 6.03 Å². The summed E-state index contributed by atoms with van der Waals surface area (Å²) in [5, 5.41) is 8.75. The van der Waals surface area contributed by atoms with E-state index >= 15 is 0 Å². The molecule has 0 aliphatic heterocycles. The minimum atomic E-state index is -0.157. The molecule has 0 spiro atoms. The van der Waals surface area contributed by atoms with E-state index in [9.17, 15) is 9.59 Å². The summed E-state index contributed by atoms with van der Waals surface area (Å²) in [4.78, 5) is 23.8. The molecule has 1 fully saturated rings. The van der Waals surface area contributed by atoms with Gasteiger partial charge in [-0.2, -0.15) is 0 Å². The monoisotopic (exact) mass is 345 g/mol. The minimum Gasteiger partial charge on any atom is -0.355 e. The van der Waals surface area contributed by atoms with Gasteiger partial charge in [-0.15, -0.1) is 0 Å². The zero-order valence-electron chi connectivity index (χ0n) is 15.2. The van der Waals surface area contributed by atoms with Gasteiger partial charge in [-0.1, -0.05) is 56.5 Å². The number of carbonyl (C=O) groups excluding carboxylic acids is 2. The fourth-order valence-electron chi connectivity index (χ4n) is 3.32. The molecule has 1 unspecified atom stereocenters. The normalized spacial score (nSPS) is 16.0. The molecule has 0 heterocycles. The van der Waals surface area contributed by atoms with Crippen molar-refractivity contribution in [2.75, 3.05) is 13.1 Å². The van der Waals surface area contributed by atoms with Crippen LogP contribution in [0.4, 0.5) is 4.79 Å². The summed E-state index contributed by atoms with van der Waals surface area (Å²) in [7, 11) is 0. The van der Waals surface area contributed by atoms with Crippen molar-refractivity contribution < 1.29 is 9.59 Å². The predicted octanol–water partition coefficient (Wildman–Crippen LogP) is 3.32. The maximum absolute atomic E-state index is 12.0. The Hall–Kier alpha value is -2.04. The first-order valence-electron chi connectivity index (χ1n) is 9.55. The Morgan fingerprint density at radius 3 is 2.48 bits per heavy atom. The van der Waals surface area contributed by atoms with Crippen molar-refractivity contribution in [1.82, 2.24) is 16.0 Å². The predicted molar refractivity (Wildman–Crippen MR) is 101 cm³/mol. The van der Waals surface area contributed by atoms with Crippen LogP contribution in [0.15, 0.2) is 30.3 Å². The second-order valence-electron chi connectivity index (χ2n) is 6.81. The van der Waals surface area contributed by atoms with Gasteiger partial charge in [0.2, 0.25) is 5.91 Å². The van der Waals surface area contributed by atoms with Gasteiger partial charge in [-0.05, 0) is 24.8 Å². The van der Waals surface area contributed by atoms with Crippen LogP contribution >= 0.6 is 0 Å². The van der Waals surface area contributed by atoms with Gasteiger partial charge in [0.25, 0.3) is 0 Å². The highest BCUT2D eigenvalue weighted by Gasteiger charge is 2.15. The molecule has 1 atom stereocenters. The molecule has 25 heavy (non-hydrogen) atoms. The molecule has 1 aliphatic carbocycles. The van der Waals surface area contributed by atoms with Crippen molar-refractivity contribution in [2.24, 2.45) is 0 Å². The summed E-state index contributed by atoms with van der Waals surface area (Å²) in [6.45, 7) is 3.13. The average Bonchev–Trinajstić information content (AvgIpc) is 2.64. The maximum Gasteiger partial charge on any atom is 0.315 e. The summed E-state index contributed by atoms with van der Waals surface area (Å²) in [6, 6.07) is 10.4. The van der Waals surface area contributed by atoms with Gasteiger partial charge in [0.05, 0.1) is 0 Å². The number of nitrogens with one attached hydrogen (secondary N) is 3. The van der Waals surface area contributed by atoms with Crippen molar-refractivity contribution in [1.29, 1.82) is 0 Å². The lowest BCUT2D eigenvalue weighted by Gasteiger charge is -2.22. The number of hydrogen-bond acceptors (Lipinski definition) is 2. The van der Waals surface area contributed by atoms with E-state index in [1.165, 1.54) is 24.8 Å². The van der Waals surface area contributed by atoms with E-state index in [-0.39, 0.29) is 11.9 Å². The quantitative estimate of drug-likeness (QED) is 0.676. The molecular formula is C20H31N3O2. The summed E-state index contributed by atoms with van der Waals surface area (Å²) in [5.74, 6) is 0.306. The lowest BCUT2D eigenvalue weighted by atomic mass is 9.96. The molecule has 0 saturated heterocycles. The second-order valence-corrected chi connectivity index (χ2v) is 6.81. The minimum absolute atomic E-state index is 0.0210. The van der Waals surface area contributed by atoms with Crippen molar-refractivity contribution in [3.05, 3.63) is 35.9 Å². The van der Waals surface area contributed by atoms with Gasteiger partial charge in [0.1, 0.15) is 0 Å². The fourth-order valence-corrected chi connectivity index (χ4v) is 3.32. The Bertz CT molecular complexity index is 527. The average molecular weight is 345 g/mol. The topological polar surface area (TPSA) is 70.2 Å². The Morgan fingerprint density at radius 1 is 1.08 bits per heavy atom. The lowest BCUT2D eigenvalue weighted by molar-refractivity contribution is -0.121. The Balaban J connectivity index is 1.60. The smallest absolute Gasteiger partial charge is 0.315 e. The molecule has 0 aromatic heterocycles. The standard InChI is InChI=1S/C20H31N3O2/c1-2-16(17-9-5-3-6-10-17)15-22-19(24)13-14-21-20(25)23-18-11-7-4-8-12-18/h3,5-6,9-10,16,18H,2,4,7-8,11-15H2,1H3,(H,22,24)(H2,21,23,25). The lowest BCUT2D eigenvalue weighted by Crippen LogP contribution is -2.44. The third-order valence-electron chi connectivity index (χ3n) is 4.89. The van der Waals surface area contributed by atoms with Gasteiger partial charge in [0, 0.05) is 31.5 Å². The maximum atomic E-state index is 12.0. The summed E-state index contributed by atoms with van der Waals surface area (Å²) >= 11 is 0. The van der Waals surface area contributed by atoms with Crippen LogP contribution in [0.3, 0.4) is 0 Å². The first kappa shape index (κ1) is 19.3. The van der Waals surface area contributed by atoms with E-state index in [1.54, 1.807) is 0 Å². The van der Waals surface area contributed by atoms with Gasteiger partial charge in [-0.25, -0.2) is 4.79 Å². The largest absolute Gasteiger partial charge is 0.355 e. The zero-order chi connectivity index (χ0) is 17.9. The van der Waals surface area contributed by atoms with E-state index in [0.29, 0.717) is 31.5 Å². The van der Waals surface area contributed by atoms with Crippen LogP contribution < -0.4 is 16.0 Å². The van der Waals surface area contributed by atoms with Gasteiger partial charge in [-0.3, -0.25) is 4.79 Å². The highest BCUT2D eigenvalue weighted by Crippen LogP contribution is 2.18. The van der Waals surface area contributed by atoms with E-state index in [1.807, 2.05) is 18.2 Å². The molecule has 1 saturated carbocycles. The van der Waals surface area contributed by atoms with Crippen molar-refractivity contribution in [2.45, 2.75) is 63.8 Å². The van der Waals surface area contributed by atoms with Crippen LogP contribution in [0, 0.1) is 0 Å². The van der Waals surface area contributed by atoms with Crippen molar-refractivity contribution in [3.63, 3.8) is 0 Å². The number of amides is 3. The molecule has 0 radical (unpaired) electrons. The van der Waals surface area contributed by atoms with Crippen molar-refractivity contribution in [3.8, 4) is 0 Å². The Kier molecular flexibility index (Phi) is 8.29. The fraction of sp³-hybridized carbons (Fsp3) is 0.600. The number of rotatable bonds is 8. The molecule has 1 aromatic rings. The summed E-state index contributed by atoms with van der Waals surface area (Å²) in [6.07, 6.45) is 7.05. The summed E-state index contributed by atoms with van der Waals surface area (Å²) in [5.41, 5.74) is 1.25. The highest BCUT2D eigenvalue weighted by molar-refractivity contribution is 5.78. The third-order valence-corrected chi connectivity index (χ3v) is 4.89. The number of carbonyl (C=O) groups is 2. The Morgan fingerprint density at radius 2 is 1.80 bits per heavy atom. The second kappa shape index (κ2) is 10.7. The van der Waals surface area contributed by atoms with Crippen molar-refractivity contribution >= 4 is 11.9 Å². The van der Waals surface area contributed by atoms with Gasteiger partial charge in [0.15, 0.2) is 0 Å². The number of hydrogen-bond donors (Lipinski definition) is 3. The third kappa shape index (κ3) is 7.16. The van der Waals surface area contributed by atoms with E-state index in [0.717, 1.165) is 19.3 Å². The highest BCUT2D eigenvalue weighted by atomic mass is 16.2. The number of benzene rings is 1. The first-order chi connectivity index (χ1) is 12.2. The molecule has 1 aliphatic rings. The number of urea groups is 1. The Labute approximate surface area is 151 Å².